The zero-order valence-corrected chi connectivity index (χ0v) is 18.5. The highest BCUT2D eigenvalue weighted by Crippen LogP contribution is 2.21. The molecule has 0 aliphatic heterocycles. The summed E-state index contributed by atoms with van der Waals surface area (Å²) in [4.78, 5) is 36.8. The molecule has 6 heteroatoms. The van der Waals surface area contributed by atoms with Crippen molar-refractivity contribution in [3.63, 3.8) is 0 Å². The molecule has 27 heavy (non-hydrogen) atoms. The predicted molar refractivity (Wildman–Crippen MR) is 111 cm³/mol. The van der Waals surface area contributed by atoms with Crippen molar-refractivity contribution in [1.29, 1.82) is 0 Å². The van der Waals surface area contributed by atoms with Crippen LogP contribution in [0.2, 0.25) is 0 Å². The van der Waals surface area contributed by atoms with Crippen molar-refractivity contribution in [2.75, 3.05) is 5.75 Å². The van der Waals surface area contributed by atoms with Gasteiger partial charge in [-0.25, -0.2) is 0 Å². The summed E-state index contributed by atoms with van der Waals surface area (Å²) in [6.07, 6.45) is 7.34. The van der Waals surface area contributed by atoms with E-state index in [1.165, 1.54) is 11.8 Å². The van der Waals surface area contributed by atoms with Crippen molar-refractivity contribution in [2.24, 2.45) is 11.8 Å². The topological polar surface area (TPSA) is 72.5 Å². The van der Waals surface area contributed by atoms with Gasteiger partial charge in [-0.05, 0) is 46.5 Å². The lowest BCUT2D eigenvalue weighted by Gasteiger charge is -2.24. The van der Waals surface area contributed by atoms with E-state index in [0.717, 1.165) is 50.7 Å². The highest BCUT2D eigenvalue weighted by molar-refractivity contribution is 8.13. The minimum Gasteiger partial charge on any atom is -0.459 e. The fourth-order valence-electron chi connectivity index (χ4n) is 3.07. The first-order valence-corrected chi connectivity index (χ1v) is 11.3. The SMILES string of the molecule is CC(C)C(=O)SCCCCCC(C(=O)NC1CCCC1)C(=O)OC(C)(C)C. The molecule has 0 spiro atoms. The van der Waals surface area contributed by atoms with Crippen LogP contribution in [-0.4, -0.2) is 34.4 Å². The molecule has 1 rings (SSSR count). The minimum atomic E-state index is -0.741. The van der Waals surface area contributed by atoms with Crippen LogP contribution in [0.1, 0.15) is 86.0 Å². The van der Waals surface area contributed by atoms with Gasteiger partial charge in [0.2, 0.25) is 5.91 Å². The van der Waals surface area contributed by atoms with Gasteiger partial charge in [0.1, 0.15) is 11.5 Å². The van der Waals surface area contributed by atoms with Gasteiger partial charge in [-0.1, -0.05) is 51.3 Å². The van der Waals surface area contributed by atoms with Crippen LogP contribution in [0.15, 0.2) is 0 Å². The largest absolute Gasteiger partial charge is 0.459 e. The summed E-state index contributed by atoms with van der Waals surface area (Å²) in [5, 5.41) is 3.26. The smallest absolute Gasteiger partial charge is 0.319 e. The number of nitrogens with one attached hydrogen (secondary N) is 1. The van der Waals surface area contributed by atoms with E-state index < -0.39 is 17.5 Å². The third-order valence-electron chi connectivity index (χ3n) is 4.56. The molecule has 1 fully saturated rings. The maximum absolute atomic E-state index is 12.6. The van der Waals surface area contributed by atoms with Gasteiger partial charge in [-0.15, -0.1) is 0 Å². The van der Waals surface area contributed by atoms with Gasteiger partial charge < -0.3 is 10.1 Å². The molecule has 1 aliphatic rings. The van der Waals surface area contributed by atoms with Gasteiger partial charge in [0, 0.05) is 17.7 Å². The second-order valence-corrected chi connectivity index (χ2v) is 9.85. The highest BCUT2D eigenvalue weighted by atomic mass is 32.2. The third-order valence-corrected chi connectivity index (χ3v) is 5.81. The Labute approximate surface area is 168 Å². The van der Waals surface area contributed by atoms with E-state index in [9.17, 15) is 14.4 Å². The summed E-state index contributed by atoms with van der Waals surface area (Å²) in [7, 11) is 0. The van der Waals surface area contributed by atoms with Crippen molar-refractivity contribution in [2.45, 2.75) is 97.6 Å². The Morgan fingerprint density at radius 3 is 2.26 bits per heavy atom. The van der Waals surface area contributed by atoms with Gasteiger partial charge >= 0.3 is 5.97 Å². The Bertz CT molecular complexity index is 493. The number of amides is 1. The summed E-state index contributed by atoms with van der Waals surface area (Å²) in [5.41, 5.74) is -0.600. The molecule has 0 radical (unpaired) electrons. The van der Waals surface area contributed by atoms with E-state index in [1.807, 2.05) is 34.6 Å². The molecule has 0 bridgehead atoms. The molecule has 5 nitrogen and oxygen atoms in total. The lowest BCUT2D eigenvalue weighted by molar-refractivity contribution is -0.163. The van der Waals surface area contributed by atoms with Crippen LogP contribution < -0.4 is 5.32 Å². The lowest BCUT2D eigenvalue weighted by atomic mass is 9.99. The summed E-state index contributed by atoms with van der Waals surface area (Å²) in [5.74, 6) is -0.508. The van der Waals surface area contributed by atoms with Crippen molar-refractivity contribution in [3.8, 4) is 0 Å². The Balaban J connectivity index is 2.46. The minimum absolute atomic E-state index is 0.0610. The predicted octanol–water partition coefficient (Wildman–Crippen LogP) is 4.48. The molecule has 1 N–H and O–H groups in total. The molecular formula is C21H37NO4S. The molecule has 1 saturated carbocycles. The number of carbonyl (C=O) groups is 3. The van der Waals surface area contributed by atoms with Gasteiger partial charge in [-0.3, -0.25) is 14.4 Å². The molecule has 0 saturated heterocycles. The third kappa shape index (κ3) is 10.2. The molecule has 0 aromatic carbocycles. The number of ether oxygens (including phenoxy) is 1. The maximum Gasteiger partial charge on any atom is 0.319 e. The Morgan fingerprint density at radius 2 is 1.70 bits per heavy atom. The summed E-state index contributed by atoms with van der Waals surface area (Å²) < 4.78 is 5.47. The number of esters is 1. The van der Waals surface area contributed by atoms with Gasteiger partial charge in [0.25, 0.3) is 0 Å². The van der Waals surface area contributed by atoms with Crippen LogP contribution in [0.4, 0.5) is 0 Å². The molecule has 0 aromatic rings. The number of carbonyl (C=O) groups excluding carboxylic acids is 3. The van der Waals surface area contributed by atoms with Crippen molar-refractivity contribution in [1.82, 2.24) is 5.32 Å². The Morgan fingerprint density at radius 1 is 1.07 bits per heavy atom. The molecule has 0 heterocycles. The van der Waals surface area contributed by atoms with E-state index in [-0.39, 0.29) is 23.0 Å². The molecule has 1 unspecified atom stereocenters. The molecule has 1 aliphatic carbocycles. The van der Waals surface area contributed by atoms with E-state index in [0.29, 0.717) is 6.42 Å². The van der Waals surface area contributed by atoms with Gasteiger partial charge in [0.05, 0.1) is 0 Å². The average molecular weight is 400 g/mol. The lowest BCUT2D eigenvalue weighted by Crippen LogP contribution is -2.42. The summed E-state index contributed by atoms with van der Waals surface area (Å²) in [6, 6.07) is 0.195. The summed E-state index contributed by atoms with van der Waals surface area (Å²) >= 11 is 1.38. The van der Waals surface area contributed by atoms with Crippen molar-refractivity contribution >= 4 is 28.8 Å². The molecule has 0 aromatic heterocycles. The van der Waals surface area contributed by atoms with Crippen LogP contribution in [0.5, 0.6) is 0 Å². The van der Waals surface area contributed by atoms with Crippen molar-refractivity contribution in [3.05, 3.63) is 0 Å². The first-order chi connectivity index (χ1) is 12.6. The van der Waals surface area contributed by atoms with Gasteiger partial charge in [0.15, 0.2) is 5.12 Å². The van der Waals surface area contributed by atoms with E-state index >= 15 is 0 Å². The van der Waals surface area contributed by atoms with Crippen molar-refractivity contribution < 1.29 is 19.1 Å². The number of unbranched alkanes of at least 4 members (excludes halogenated alkanes) is 2. The molecule has 156 valence electrons. The molecule has 1 atom stereocenters. The molecule has 1 amide bonds. The molecular weight excluding hydrogens is 362 g/mol. The second kappa shape index (κ2) is 11.7. The fourth-order valence-corrected chi connectivity index (χ4v) is 3.95. The van der Waals surface area contributed by atoms with Crippen LogP contribution in [0.25, 0.3) is 0 Å². The Kier molecular flexibility index (Phi) is 10.4. The van der Waals surface area contributed by atoms with Crippen LogP contribution in [0.3, 0.4) is 0 Å². The Hall–Kier alpha value is -1.04. The van der Waals surface area contributed by atoms with E-state index in [4.69, 9.17) is 4.74 Å². The zero-order valence-electron chi connectivity index (χ0n) is 17.6. The number of rotatable bonds is 10. The maximum atomic E-state index is 12.6. The second-order valence-electron chi connectivity index (χ2n) is 8.75. The average Bonchev–Trinajstić information content (AvgIpc) is 3.04. The summed E-state index contributed by atoms with van der Waals surface area (Å²) in [6.45, 7) is 9.27. The monoisotopic (exact) mass is 399 g/mol. The van der Waals surface area contributed by atoms with Gasteiger partial charge in [-0.2, -0.15) is 0 Å². The standard InChI is InChI=1S/C21H37NO4S/c1-15(2)20(25)27-14-10-6-7-13-17(19(24)26-21(3,4)5)18(23)22-16-11-8-9-12-16/h15-17H,6-14H2,1-5H3,(H,22,23). The van der Waals surface area contributed by atoms with Crippen LogP contribution in [-0.2, 0) is 19.1 Å². The zero-order chi connectivity index (χ0) is 20.4. The quantitative estimate of drug-likeness (QED) is 0.333. The number of hydrogen-bond donors (Lipinski definition) is 1. The highest BCUT2D eigenvalue weighted by Gasteiger charge is 2.32. The number of thioether (sulfide) groups is 1. The first-order valence-electron chi connectivity index (χ1n) is 10.3. The number of hydrogen-bond acceptors (Lipinski definition) is 5. The van der Waals surface area contributed by atoms with E-state index in [2.05, 4.69) is 5.32 Å². The fraction of sp³-hybridized carbons (Fsp3) is 0.857. The first kappa shape index (κ1) is 24.0. The van der Waals surface area contributed by atoms with Crippen LogP contribution in [0, 0.1) is 11.8 Å². The normalized spacial score (nSPS) is 16.4. The van der Waals surface area contributed by atoms with Crippen LogP contribution >= 0.6 is 11.8 Å². The van der Waals surface area contributed by atoms with E-state index in [1.54, 1.807) is 0 Å².